The van der Waals surface area contributed by atoms with Gasteiger partial charge in [0.25, 0.3) is 5.91 Å². The molecule has 1 N–H and O–H groups in total. The Bertz CT molecular complexity index is 1150. The Morgan fingerprint density at radius 2 is 1.71 bits per heavy atom. The van der Waals surface area contributed by atoms with Crippen molar-refractivity contribution in [1.82, 2.24) is 14.8 Å². The lowest BCUT2D eigenvalue weighted by atomic mass is 10.0. The zero-order valence-corrected chi connectivity index (χ0v) is 21.5. The van der Waals surface area contributed by atoms with Crippen LogP contribution in [-0.2, 0) is 13.1 Å². The van der Waals surface area contributed by atoms with Crippen LogP contribution in [0.15, 0.2) is 36.5 Å². The van der Waals surface area contributed by atoms with E-state index >= 15 is 0 Å². The third-order valence-corrected chi connectivity index (χ3v) is 6.97. The van der Waals surface area contributed by atoms with Crippen molar-refractivity contribution in [2.45, 2.75) is 52.2 Å². The summed E-state index contributed by atoms with van der Waals surface area (Å²) >= 11 is 0. The second kappa shape index (κ2) is 11.0. The highest BCUT2D eigenvalue weighted by atomic mass is 16.5. The summed E-state index contributed by atoms with van der Waals surface area (Å²) in [5.41, 5.74) is 4.03. The van der Waals surface area contributed by atoms with Gasteiger partial charge in [-0.2, -0.15) is 0 Å². The lowest BCUT2D eigenvalue weighted by Gasteiger charge is -2.32. The zero-order valence-electron chi connectivity index (χ0n) is 21.5. The zero-order chi connectivity index (χ0) is 24.9. The molecule has 188 valence electrons. The van der Waals surface area contributed by atoms with E-state index in [-0.39, 0.29) is 11.9 Å². The van der Waals surface area contributed by atoms with Crippen LogP contribution in [-0.4, -0.2) is 55.8 Å². The quantitative estimate of drug-likeness (QED) is 0.479. The van der Waals surface area contributed by atoms with Gasteiger partial charge >= 0.3 is 0 Å². The first-order valence-electron chi connectivity index (χ1n) is 12.4. The molecule has 1 amide bonds. The van der Waals surface area contributed by atoms with E-state index in [9.17, 15) is 4.79 Å². The molecule has 2 heterocycles. The van der Waals surface area contributed by atoms with Crippen molar-refractivity contribution in [1.29, 1.82) is 0 Å². The van der Waals surface area contributed by atoms with Crippen molar-refractivity contribution in [3.63, 3.8) is 0 Å². The maximum absolute atomic E-state index is 13.0. The molecule has 0 spiro atoms. The normalized spacial score (nSPS) is 14.8. The van der Waals surface area contributed by atoms with Crippen LogP contribution in [0.3, 0.4) is 0 Å². The number of aromatic nitrogens is 1. The van der Waals surface area contributed by atoms with Crippen LogP contribution in [0.2, 0.25) is 0 Å². The molecule has 1 fully saturated rings. The smallest absolute Gasteiger partial charge is 0.251 e. The first-order valence-corrected chi connectivity index (χ1v) is 12.4. The van der Waals surface area contributed by atoms with Gasteiger partial charge in [0.05, 0.1) is 21.3 Å². The number of hydrogen-bond donors (Lipinski definition) is 1. The van der Waals surface area contributed by atoms with Gasteiger partial charge in [0.15, 0.2) is 0 Å². The summed E-state index contributed by atoms with van der Waals surface area (Å²) in [6.45, 7) is 7.91. The number of likely N-dealkylation sites (tertiary alicyclic amines) is 1. The van der Waals surface area contributed by atoms with Crippen molar-refractivity contribution in [3.05, 3.63) is 53.2 Å². The Morgan fingerprint density at radius 3 is 2.31 bits per heavy atom. The third kappa shape index (κ3) is 5.40. The van der Waals surface area contributed by atoms with Gasteiger partial charge in [0.1, 0.15) is 17.2 Å². The highest BCUT2D eigenvalue weighted by Gasteiger charge is 2.23. The molecule has 0 unspecified atom stereocenters. The number of amides is 1. The third-order valence-electron chi connectivity index (χ3n) is 6.97. The van der Waals surface area contributed by atoms with Gasteiger partial charge < -0.3 is 24.1 Å². The molecule has 0 saturated carbocycles. The summed E-state index contributed by atoms with van der Waals surface area (Å²) in [5.74, 6) is 2.11. The molecule has 35 heavy (non-hydrogen) atoms. The van der Waals surface area contributed by atoms with Gasteiger partial charge in [0.2, 0.25) is 0 Å². The Labute approximate surface area is 208 Å². The van der Waals surface area contributed by atoms with Gasteiger partial charge in [0, 0.05) is 60.4 Å². The van der Waals surface area contributed by atoms with Crippen LogP contribution >= 0.6 is 0 Å². The van der Waals surface area contributed by atoms with E-state index in [0.717, 1.165) is 56.8 Å². The summed E-state index contributed by atoms with van der Waals surface area (Å²) < 4.78 is 18.7. The van der Waals surface area contributed by atoms with Gasteiger partial charge in [-0.25, -0.2) is 0 Å². The second-order valence-electron chi connectivity index (χ2n) is 9.26. The fourth-order valence-electron chi connectivity index (χ4n) is 4.99. The molecule has 1 aliphatic rings. The molecule has 2 aromatic carbocycles. The molecule has 7 heteroatoms. The minimum atomic E-state index is -0.0882. The number of rotatable bonds is 9. The largest absolute Gasteiger partial charge is 0.497 e. The van der Waals surface area contributed by atoms with E-state index in [4.69, 9.17) is 14.2 Å². The lowest BCUT2D eigenvalue weighted by molar-refractivity contribution is 0.0908. The van der Waals surface area contributed by atoms with E-state index in [1.165, 1.54) is 16.5 Å². The summed E-state index contributed by atoms with van der Waals surface area (Å²) in [6.07, 6.45) is 5.23. The highest BCUT2D eigenvalue weighted by Crippen LogP contribution is 2.30. The van der Waals surface area contributed by atoms with Crippen LogP contribution in [0.4, 0.5) is 0 Å². The Hall–Kier alpha value is -3.19. The number of nitrogens with one attached hydrogen (secondary N) is 1. The average Bonchev–Trinajstić information content (AvgIpc) is 3.21. The number of carbonyl (C=O) groups excluding carboxylic acids is 1. The molecule has 3 aromatic rings. The van der Waals surface area contributed by atoms with Crippen LogP contribution in [0, 0.1) is 6.92 Å². The number of piperidine rings is 1. The Balaban J connectivity index is 1.40. The number of aryl methyl sites for hydroxylation is 1. The summed E-state index contributed by atoms with van der Waals surface area (Å²) in [7, 11) is 4.93. The minimum absolute atomic E-state index is 0.0882. The van der Waals surface area contributed by atoms with Gasteiger partial charge in [-0.15, -0.1) is 0 Å². The molecule has 0 radical (unpaired) electrons. The number of fused-ring (bicyclic) bond motifs is 1. The summed E-state index contributed by atoms with van der Waals surface area (Å²) in [6, 6.07) is 10.0. The summed E-state index contributed by atoms with van der Waals surface area (Å²) in [5, 5.41) is 4.47. The van der Waals surface area contributed by atoms with Crippen molar-refractivity contribution in [2.24, 2.45) is 0 Å². The number of nitrogens with zero attached hydrogens (tertiary/aromatic N) is 2. The second-order valence-corrected chi connectivity index (χ2v) is 9.26. The first kappa shape index (κ1) is 24.9. The average molecular weight is 480 g/mol. The van der Waals surface area contributed by atoms with Crippen LogP contribution in [0.25, 0.3) is 10.9 Å². The van der Waals surface area contributed by atoms with Crippen molar-refractivity contribution >= 4 is 16.8 Å². The van der Waals surface area contributed by atoms with Crippen molar-refractivity contribution < 1.29 is 19.0 Å². The maximum Gasteiger partial charge on any atom is 0.251 e. The molecular weight excluding hydrogens is 442 g/mol. The number of methoxy groups -OCH3 is 3. The fraction of sp³-hybridized carbons (Fsp3) is 0.464. The molecule has 0 atom stereocenters. The minimum Gasteiger partial charge on any atom is -0.497 e. The van der Waals surface area contributed by atoms with Crippen LogP contribution < -0.4 is 19.5 Å². The van der Waals surface area contributed by atoms with E-state index in [0.29, 0.717) is 17.1 Å². The van der Waals surface area contributed by atoms with Gasteiger partial charge in [-0.3, -0.25) is 9.69 Å². The maximum atomic E-state index is 13.0. The number of carbonyl (C=O) groups is 1. The fourth-order valence-corrected chi connectivity index (χ4v) is 4.99. The van der Waals surface area contributed by atoms with Gasteiger partial charge in [-0.1, -0.05) is 6.92 Å². The topological polar surface area (TPSA) is 65.0 Å². The van der Waals surface area contributed by atoms with Crippen LogP contribution in [0.1, 0.15) is 47.7 Å². The van der Waals surface area contributed by atoms with E-state index < -0.39 is 0 Å². The molecule has 4 rings (SSSR count). The number of benzene rings is 2. The van der Waals surface area contributed by atoms with Gasteiger partial charge in [-0.05, 0) is 62.1 Å². The highest BCUT2D eigenvalue weighted by molar-refractivity contribution is 5.95. The Morgan fingerprint density at radius 1 is 1.03 bits per heavy atom. The van der Waals surface area contributed by atoms with E-state index in [2.05, 4.69) is 40.0 Å². The lowest BCUT2D eigenvalue weighted by Crippen LogP contribution is -2.44. The van der Waals surface area contributed by atoms with Crippen LogP contribution in [0.5, 0.6) is 17.2 Å². The first-order chi connectivity index (χ1) is 17.0. The number of ether oxygens (including phenoxy) is 3. The molecule has 0 aliphatic carbocycles. The van der Waals surface area contributed by atoms with E-state index in [1.807, 2.05) is 13.0 Å². The molecule has 1 aliphatic heterocycles. The van der Waals surface area contributed by atoms with Crippen molar-refractivity contribution in [3.8, 4) is 17.2 Å². The Kier molecular flexibility index (Phi) is 7.86. The summed E-state index contributed by atoms with van der Waals surface area (Å²) in [4.78, 5) is 15.4. The predicted molar refractivity (Wildman–Crippen MR) is 139 cm³/mol. The molecule has 7 nitrogen and oxygen atoms in total. The number of hydrogen-bond acceptors (Lipinski definition) is 5. The molecular formula is C28H37N3O4. The van der Waals surface area contributed by atoms with E-state index in [1.54, 1.807) is 33.5 Å². The van der Waals surface area contributed by atoms with Crippen molar-refractivity contribution in [2.75, 3.05) is 34.4 Å². The molecule has 0 bridgehead atoms. The SMILES string of the molecule is CCCn1cc(CN2CCC(NC(=O)c3cc(OC)c(C)c(OC)c3)CC2)c2cc(OC)ccc21. The molecule has 1 saturated heterocycles. The molecule has 1 aromatic heterocycles. The standard InChI is InChI=1S/C28H37N3O4/c1-6-11-31-18-21(24-16-23(33-3)7-8-25(24)31)17-30-12-9-22(10-13-30)29-28(32)20-14-26(34-4)19(2)27(15-20)35-5/h7-8,14-16,18,22H,6,9-13,17H2,1-5H3,(H,29,32). The monoisotopic (exact) mass is 479 g/mol. The predicted octanol–water partition coefficient (Wildman–Crippen LogP) is 4.78.